The second kappa shape index (κ2) is 4.42. The lowest BCUT2D eigenvalue weighted by Gasteiger charge is -2.18. The number of halogens is 3. The Kier molecular flexibility index (Phi) is 3.22. The first-order chi connectivity index (χ1) is 8.31. The molecule has 1 heterocycles. The Bertz CT molecular complexity index is 554. The summed E-state index contributed by atoms with van der Waals surface area (Å²) < 4.78 is 62.7. The number of fused-ring (bicyclic) bond motifs is 1. The van der Waals surface area contributed by atoms with Crippen LogP contribution in [-0.4, -0.2) is 18.9 Å². The van der Waals surface area contributed by atoms with Crippen LogP contribution in [0, 0.1) is 0 Å². The fraction of sp³-hybridized carbons (Fsp3) is 0.500. The van der Waals surface area contributed by atoms with Crippen molar-refractivity contribution in [2.75, 3.05) is 0 Å². The molecule has 0 atom stereocenters. The maximum absolute atomic E-state index is 12.2. The van der Waals surface area contributed by atoms with Gasteiger partial charge in [-0.25, -0.2) is 0 Å². The lowest BCUT2D eigenvalue weighted by atomic mass is 9.96. The molecule has 4 nitrogen and oxygen atoms in total. The monoisotopic (exact) mass is 281 g/mol. The summed E-state index contributed by atoms with van der Waals surface area (Å²) in [5, 5.41) is 0. The largest absolute Gasteiger partial charge is 0.534 e. The average Bonchev–Trinajstić information content (AvgIpc) is 2.27. The van der Waals surface area contributed by atoms with Crippen molar-refractivity contribution in [3.05, 3.63) is 23.5 Å². The smallest absolute Gasteiger partial charge is 0.376 e. The Morgan fingerprint density at radius 1 is 1.22 bits per heavy atom. The highest BCUT2D eigenvalue weighted by Crippen LogP contribution is 2.32. The van der Waals surface area contributed by atoms with Crippen LogP contribution >= 0.6 is 0 Å². The molecule has 1 aliphatic carbocycles. The molecular formula is C10H10F3NO3S. The van der Waals surface area contributed by atoms with Crippen LogP contribution in [-0.2, 0) is 23.0 Å². The van der Waals surface area contributed by atoms with Crippen molar-refractivity contribution in [1.29, 1.82) is 0 Å². The number of rotatable bonds is 2. The lowest BCUT2D eigenvalue weighted by molar-refractivity contribution is -0.0500. The molecule has 0 amide bonds. The first-order valence-electron chi connectivity index (χ1n) is 5.29. The molecule has 1 aliphatic rings. The predicted octanol–water partition coefficient (Wildman–Crippen LogP) is 2.19. The third-order valence-electron chi connectivity index (χ3n) is 2.68. The molecule has 1 aromatic rings. The highest BCUT2D eigenvalue weighted by Gasteiger charge is 2.48. The summed E-state index contributed by atoms with van der Waals surface area (Å²) in [5.74, 6) is -0.267. The Labute approximate surface area is 102 Å². The summed E-state index contributed by atoms with van der Waals surface area (Å²) in [5.41, 5.74) is -4.36. The fourth-order valence-corrected chi connectivity index (χ4v) is 2.32. The number of pyridine rings is 1. The van der Waals surface area contributed by atoms with Crippen molar-refractivity contribution >= 4 is 10.1 Å². The van der Waals surface area contributed by atoms with Crippen molar-refractivity contribution in [3.8, 4) is 5.75 Å². The second-order valence-corrected chi connectivity index (χ2v) is 5.46. The summed E-state index contributed by atoms with van der Waals surface area (Å²) in [6.07, 6.45) is 4.02. The molecule has 0 spiro atoms. The Morgan fingerprint density at radius 2 is 1.89 bits per heavy atom. The van der Waals surface area contributed by atoms with Gasteiger partial charge in [0.1, 0.15) is 5.75 Å². The zero-order chi connectivity index (χ0) is 13.4. The number of alkyl halides is 3. The molecule has 0 saturated heterocycles. The Hall–Kier alpha value is -1.31. The van der Waals surface area contributed by atoms with E-state index in [0.29, 0.717) is 24.1 Å². The molecule has 0 unspecified atom stereocenters. The molecule has 0 bridgehead atoms. The average molecular weight is 281 g/mol. The molecule has 1 aromatic heterocycles. The molecule has 0 fully saturated rings. The zero-order valence-electron chi connectivity index (χ0n) is 9.20. The molecule has 18 heavy (non-hydrogen) atoms. The van der Waals surface area contributed by atoms with Crippen molar-refractivity contribution < 1.29 is 25.8 Å². The van der Waals surface area contributed by atoms with Gasteiger partial charge in [-0.3, -0.25) is 4.98 Å². The molecule has 100 valence electrons. The van der Waals surface area contributed by atoms with E-state index >= 15 is 0 Å². The van der Waals surface area contributed by atoms with Gasteiger partial charge in [-0.1, -0.05) is 0 Å². The maximum atomic E-state index is 12.2. The van der Waals surface area contributed by atoms with Crippen LogP contribution in [0.15, 0.2) is 12.3 Å². The predicted molar refractivity (Wildman–Crippen MR) is 56.5 cm³/mol. The van der Waals surface area contributed by atoms with E-state index in [9.17, 15) is 21.6 Å². The van der Waals surface area contributed by atoms with Gasteiger partial charge in [0.15, 0.2) is 0 Å². The fourth-order valence-electron chi connectivity index (χ4n) is 1.84. The zero-order valence-corrected chi connectivity index (χ0v) is 10.0. The van der Waals surface area contributed by atoms with Crippen LogP contribution in [0.4, 0.5) is 13.2 Å². The van der Waals surface area contributed by atoms with E-state index in [1.807, 2.05) is 0 Å². The van der Waals surface area contributed by atoms with Gasteiger partial charge in [0.2, 0.25) is 0 Å². The third-order valence-corrected chi connectivity index (χ3v) is 3.64. The van der Waals surface area contributed by atoms with Gasteiger partial charge in [0.05, 0.1) is 0 Å². The van der Waals surface area contributed by atoms with E-state index < -0.39 is 15.6 Å². The molecular weight excluding hydrogens is 271 g/mol. The number of hydrogen-bond donors (Lipinski definition) is 0. The van der Waals surface area contributed by atoms with Gasteiger partial charge in [-0.2, -0.15) is 21.6 Å². The number of nitrogens with zero attached hydrogens (tertiary/aromatic N) is 1. The van der Waals surface area contributed by atoms with Gasteiger partial charge < -0.3 is 4.18 Å². The lowest BCUT2D eigenvalue weighted by Crippen LogP contribution is -2.28. The van der Waals surface area contributed by atoms with Crippen molar-refractivity contribution in [2.45, 2.75) is 31.2 Å². The van der Waals surface area contributed by atoms with Crippen LogP contribution < -0.4 is 4.18 Å². The minimum absolute atomic E-state index is 0.267. The minimum Gasteiger partial charge on any atom is -0.376 e. The van der Waals surface area contributed by atoms with Crippen LogP contribution in [0.5, 0.6) is 5.75 Å². The SMILES string of the molecule is O=S(=O)(Oc1ccnc2c1CCCC2)C(F)(F)F. The van der Waals surface area contributed by atoms with Gasteiger partial charge in [0, 0.05) is 23.5 Å². The van der Waals surface area contributed by atoms with Crippen molar-refractivity contribution in [3.63, 3.8) is 0 Å². The van der Waals surface area contributed by atoms with E-state index in [4.69, 9.17) is 0 Å². The molecule has 0 radical (unpaired) electrons. The van der Waals surface area contributed by atoms with E-state index in [1.54, 1.807) is 0 Å². The van der Waals surface area contributed by atoms with Gasteiger partial charge in [-0.15, -0.1) is 0 Å². The van der Waals surface area contributed by atoms with Crippen LogP contribution in [0.3, 0.4) is 0 Å². The highest BCUT2D eigenvalue weighted by molar-refractivity contribution is 7.88. The van der Waals surface area contributed by atoms with E-state index in [1.165, 1.54) is 6.20 Å². The van der Waals surface area contributed by atoms with Crippen molar-refractivity contribution in [1.82, 2.24) is 4.98 Å². The molecule has 0 aliphatic heterocycles. The number of aromatic nitrogens is 1. The summed E-state index contributed by atoms with van der Waals surface area (Å²) in [7, 11) is -5.61. The van der Waals surface area contributed by atoms with Gasteiger partial charge >= 0.3 is 15.6 Å². The molecule has 0 N–H and O–H groups in total. The topological polar surface area (TPSA) is 56.3 Å². The summed E-state index contributed by atoms with van der Waals surface area (Å²) in [6, 6.07) is 1.15. The number of hydrogen-bond acceptors (Lipinski definition) is 4. The standard InChI is InChI=1S/C10H10F3NO3S/c11-10(12,13)18(15,16)17-9-5-6-14-8-4-2-1-3-7(8)9/h5-6H,1-4H2. The quantitative estimate of drug-likeness (QED) is 0.616. The molecule has 2 rings (SSSR count). The van der Waals surface area contributed by atoms with Gasteiger partial charge in [-0.05, 0) is 25.7 Å². The molecule has 8 heteroatoms. The highest BCUT2D eigenvalue weighted by atomic mass is 32.2. The van der Waals surface area contributed by atoms with Crippen LogP contribution in [0.1, 0.15) is 24.1 Å². The first kappa shape index (κ1) is 13.1. The Morgan fingerprint density at radius 3 is 2.56 bits per heavy atom. The Balaban J connectivity index is 2.36. The molecule has 0 saturated carbocycles. The van der Waals surface area contributed by atoms with E-state index in [0.717, 1.165) is 18.9 Å². The normalized spacial score (nSPS) is 16.2. The summed E-state index contributed by atoms with van der Waals surface area (Å²) >= 11 is 0. The van der Waals surface area contributed by atoms with Crippen LogP contribution in [0.2, 0.25) is 0 Å². The van der Waals surface area contributed by atoms with Crippen molar-refractivity contribution in [2.24, 2.45) is 0 Å². The summed E-state index contributed by atoms with van der Waals surface area (Å²) in [6.45, 7) is 0. The second-order valence-electron chi connectivity index (χ2n) is 3.92. The van der Waals surface area contributed by atoms with E-state index in [2.05, 4.69) is 9.17 Å². The van der Waals surface area contributed by atoms with Gasteiger partial charge in [0.25, 0.3) is 0 Å². The third kappa shape index (κ3) is 2.43. The number of aryl methyl sites for hydroxylation is 1. The molecule has 0 aromatic carbocycles. The van der Waals surface area contributed by atoms with E-state index in [-0.39, 0.29) is 5.75 Å². The van der Waals surface area contributed by atoms with Crippen LogP contribution in [0.25, 0.3) is 0 Å². The summed E-state index contributed by atoms with van der Waals surface area (Å²) in [4.78, 5) is 4.02. The maximum Gasteiger partial charge on any atom is 0.534 e. The first-order valence-corrected chi connectivity index (χ1v) is 6.69. The minimum atomic E-state index is -5.61.